The molecule has 0 aromatic heterocycles. The van der Waals surface area contributed by atoms with Crippen LogP contribution in [0.4, 0.5) is 0 Å². The largest absolute Gasteiger partial charge is 0.462 e. The van der Waals surface area contributed by atoms with Crippen LogP contribution in [0.25, 0.3) is 0 Å². The van der Waals surface area contributed by atoms with Crippen molar-refractivity contribution in [3.8, 4) is 0 Å². The van der Waals surface area contributed by atoms with Crippen LogP contribution >= 0.6 is 12.4 Å². The van der Waals surface area contributed by atoms with E-state index in [1.165, 1.54) is 28.6 Å². The number of nitrogens with one attached hydrogen (secondary N) is 1. The minimum absolute atomic E-state index is 0. The second-order valence-electron chi connectivity index (χ2n) is 6.53. The molecule has 3 rings (SSSR count). The third-order valence-corrected chi connectivity index (χ3v) is 6.93. The summed E-state index contributed by atoms with van der Waals surface area (Å²) in [5.74, 6) is -0.440. The Bertz CT molecular complexity index is 696. The molecule has 0 aliphatic carbocycles. The van der Waals surface area contributed by atoms with E-state index in [2.05, 4.69) is 5.32 Å². The van der Waals surface area contributed by atoms with Crippen molar-refractivity contribution in [3.05, 3.63) is 29.8 Å². The van der Waals surface area contributed by atoms with E-state index < -0.39 is 16.0 Å². The molecule has 2 saturated heterocycles. The van der Waals surface area contributed by atoms with Gasteiger partial charge in [-0.2, -0.15) is 4.31 Å². The van der Waals surface area contributed by atoms with Crippen LogP contribution < -0.4 is 5.32 Å². The van der Waals surface area contributed by atoms with Gasteiger partial charge in [0.2, 0.25) is 10.0 Å². The zero-order valence-corrected chi connectivity index (χ0v) is 16.1. The van der Waals surface area contributed by atoms with Crippen molar-refractivity contribution < 1.29 is 17.9 Å². The van der Waals surface area contributed by atoms with Crippen LogP contribution in [0.1, 0.15) is 43.0 Å². The number of hydrogen-bond acceptors (Lipinski definition) is 5. The molecular formula is C17H25ClN2O4S. The number of rotatable bonds is 5. The van der Waals surface area contributed by atoms with Crippen LogP contribution in [-0.2, 0) is 14.8 Å². The lowest BCUT2D eigenvalue weighted by Gasteiger charge is -2.34. The van der Waals surface area contributed by atoms with Crippen LogP contribution in [0, 0.1) is 0 Å². The van der Waals surface area contributed by atoms with Gasteiger partial charge in [-0.05, 0) is 56.9 Å². The average molecular weight is 389 g/mol. The third-order valence-electron chi connectivity index (χ3n) is 5.00. The molecule has 2 aliphatic heterocycles. The van der Waals surface area contributed by atoms with E-state index in [0.29, 0.717) is 24.3 Å². The number of esters is 1. The van der Waals surface area contributed by atoms with E-state index in [1.807, 2.05) is 0 Å². The Kier molecular flexibility index (Phi) is 6.48. The van der Waals surface area contributed by atoms with Gasteiger partial charge in [-0.1, -0.05) is 0 Å². The molecule has 2 atom stereocenters. The van der Waals surface area contributed by atoms with Gasteiger partial charge in [0.25, 0.3) is 0 Å². The number of carbonyl (C=O) groups excluding carboxylic acids is 1. The normalized spacial score (nSPS) is 25.5. The molecule has 1 aromatic carbocycles. The van der Waals surface area contributed by atoms with Crippen molar-refractivity contribution >= 4 is 28.4 Å². The van der Waals surface area contributed by atoms with E-state index >= 15 is 0 Å². The molecule has 0 spiro atoms. The Morgan fingerprint density at radius 3 is 2.28 bits per heavy atom. The highest BCUT2D eigenvalue weighted by Crippen LogP contribution is 2.31. The van der Waals surface area contributed by atoms with Gasteiger partial charge in [-0.25, -0.2) is 13.2 Å². The van der Waals surface area contributed by atoms with Crippen molar-refractivity contribution in [1.82, 2.24) is 9.62 Å². The van der Waals surface area contributed by atoms with Gasteiger partial charge in [0.15, 0.2) is 0 Å². The number of carbonyl (C=O) groups is 1. The molecule has 25 heavy (non-hydrogen) atoms. The summed E-state index contributed by atoms with van der Waals surface area (Å²) >= 11 is 0. The lowest BCUT2D eigenvalue weighted by molar-refractivity contribution is 0.0526. The lowest BCUT2D eigenvalue weighted by atomic mass is 10.0. The summed E-state index contributed by atoms with van der Waals surface area (Å²) in [6.07, 6.45) is 3.97. The van der Waals surface area contributed by atoms with Crippen molar-refractivity contribution in [2.24, 2.45) is 0 Å². The summed E-state index contributed by atoms with van der Waals surface area (Å²) in [4.78, 5) is 11.9. The molecule has 0 radical (unpaired) electrons. The van der Waals surface area contributed by atoms with Gasteiger partial charge < -0.3 is 10.1 Å². The maximum Gasteiger partial charge on any atom is 0.338 e. The fourth-order valence-electron chi connectivity index (χ4n) is 3.66. The lowest BCUT2D eigenvalue weighted by Crippen LogP contribution is -2.48. The molecule has 0 saturated carbocycles. The molecule has 2 bridgehead atoms. The summed E-state index contributed by atoms with van der Waals surface area (Å²) in [5, 5.41) is 3.53. The molecular weight excluding hydrogens is 364 g/mol. The van der Waals surface area contributed by atoms with Crippen molar-refractivity contribution in [1.29, 1.82) is 0 Å². The Balaban J connectivity index is 0.00000225. The summed E-state index contributed by atoms with van der Waals surface area (Å²) < 4.78 is 32.1. The van der Waals surface area contributed by atoms with Gasteiger partial charge in [-0.15, -0.1) is 12.4 Å². The number of fused-ring (bicyclic) bond motifs is 2. The molecule has 6 nitrogen and oxygen atoms in total. The van der Waals surface area contributed by atoms with Crippen LogP contribution in [0.3, 0.4) is 0 Å². The molecule has 1 aromatic rings. The highest BCUT2D eigenvalue weighted by molar-refractivity contribution is 7.89. The standard InChI is InChI=1S/C17H24N2O4S.ClH/c1-3-23-17(20)12-4-8-16(9-5-12)24(21,22)19(2)15-10-13-6-7-14(11-15)18-13;/h4-5,8-9,13-15,18H,3,6-7,10-11H2,1-2H3;1H. The van der Waals surface area contributed by atoms with Gasteiger partial charge in [0.1, 0.15) is 0 Å². The number of ether oxygens (including phenoxy) is 1. The predicted molar refractivity (Wildman–Crippen MR) is 97.6 cm³/mol. The van der Waals surface area contributed by atoms with Crippen LogP contribution in [0.5, 0.6) is 0 Å². The minimum atomic E-state index is -3.56. The topological polar surface area (TPSA) is 75.7 Å². The smallest absolute Gasteiger partial charge is 0.338 e. The van der Waals surface area contributed by atoms with E-state index in [4.69, 9.17) is 4.74 Å². The Morgan fingerprint density at radius 1 is 1.20 bits per heavy atom. The first kappa shape index (κ1) is 20.2. The summed E-state index contributed by atoms with van der Waals surface area (Å²) in [5.41, 5.74) is 0.360. The number of benzene rings is 1. The molecule has 2 fully saturated rings. The number of sulfonamides is 1. The van der Waals surface area contributed by atoms with Gasteiger partial charge in [0, 0.05) is 25.2 Å². The SMILES string of the molecule is CCOC(=O)c1ccc(S(=O)(=O)N(C)C2CC3CCC(C2)N3)cc1.Cl. The average Bonchev–Trinajstić information content (AvgIpc) is 2.92. The quantitative estimate of drug-likeness (QED) is 0.782. The number of hydrogen-bond donors (Lipinski definition) is 1. The van der Waals surface area contributed by atoms with Crippen molar-refractivity contribution in [2.45, 2.75) is 55.6 Å². The fourth-order valence-corrected chi connectivity index (χ4v) is 5.04. The Hall–Kier alpha value is -1.15. The van der Waals surface area contributed by atoms with Crippen molar-refractivity contribution in [3.63, 3.8) is 0 Å². The third kappa shape index (κ3) is 4.16. The van der Waals surface area contributed by atoms with Crippen LogP contribution in [-0.4, -0.2) is 50.5 Å². The monoisotopic (exact) mass is 388 g/mol. The molecule has 1 N–H and O–H groups in total. The van der Waals surface area contributed by atoms with E-state index in [-0.39, 0.29) is 23.3 Å². The second kappa shape index (κ2) is 8.03. The van der Waals surface area contributed by atoms with Crippen LogP contribution in [0.2, 0.25) is 0 Å². The molecule has 2 aliphatic rings. The van der Waals surface area contributed by atoms with Gasteiger partial charge in [-0.3, -0.25) is 0 Å². The molecule has 0 amide bonds. The summed E-state index contributed by atoms with van der Waals surface area (Å²) in [6, 6.07) is 6.85. The summed E-state index contributed by atoms with van der Waals surface area (Å²) in [7, 11) is -1.90. The van der Waals surface area contributed by atoms with E-state index in [0.717, 1.165) is 25.7 Å². The molecule has 8 heteroatoms. The maximum atomic E-state index is 12.9. The van der Waals surface area contributed by atoms with E-state index in [1.54, 1.807) is 14.0 Å². The Morgan fingerprint density at radius 2 is 1.76 bits per heavy atom. The first-order valence-corrected chi connectivity index (χ1v) is 9.87. The molecule has 2 unspecified atom stereocenters. The Labute approximate surface area is 155 Å². The van der Waals surface area contributed by atoms with Crippen molar-refractivity contribution in [2.75, 3.05) is 13.7 Å². The van der Waals surface area contributed by atoms with Gasteiger partial charge >= 0.3 is 5.97 Å². The predicted octanol–water partition coefficient (Wildman–Crippen LogP) is 2.19. The second-order valence-corrected chi connectivity index (χ2v) is 8.53. The van der Waals surface area contributed by atoms with Gasteiger partial charge in [0.05, 0.1) is 17.1 Å². The minimum Gasteiger partial charge on any atom is -0.462 e. The first-order chi connectivity index (χ1) is 11.4. The first-order valence-electron chi connectivity index (χ1n) is 8.43. The summed E-state index contributed by atoms with van der Waals surface area (Å²) in [6.45, 7) is 2.03. The number of halogens is 1. The number of piperidine rings is 1. The number of nitrogens with zero attached hydrogens (tertiary/aromatic N) is 1. The molecule has 2 heterocycles. The fraction of sp³-hybridized carbons (Fsp3) is 0.588. The highest BCUT2D eigenvalue weighted by Gasteiger charge is 2.38. The molecule has 140 valence electrons. The zero-order chi connectivity index (χ0) is 17.3. The van der Waals surface area contributed by atoms with Crippen LogP contribution in [0.15, 0.2) is 29.2 Å². The highest BCUT2D eigenvalue weighted by atomic mass is 35.5. The van der Waals surface area contributed by atoms with E-state index in [9.17, 15) is 13.2 Å². The maximum absolute atomic E-state index is 12.9. The zero-order valence-electron chi connectivity index (χ0n) is 14.5.